The van der Waals surface area contributed by atoms with E-state index >= 15 is 0 Å². The summed E-state index contributed by atoms with van der Waals surface area (Å²) in [4.78, 5) is 14.0. The molecule has 0 N–H and O–H groups in total. The molecule has 0 aliphatic carbocycles. The fraction of sp³-hybridized carbons (Fsp3) is 0.364. The summed E-state index contributed by atoms with van der Waals surface area (Å²) >= 11 is 0. The highest BCUT2D eigenvalue weighted by Gasteiger charge is 2.08. The van der Waals surface area contributed by atoms with Crippen LogP contribution in [0.2, 0.25) is 0 Å². The summed E-state index contributed by atoms with van der Waals surface area (Å²) in [5.41, 5.74) is 1.27. The third-order valence-electron chi connectivity index (χ3n) is 1.88. The van der Waals surface area contributed by atoms with Crippen LogP contribution in [-0.2, 0) is 11.4 Å². The van der Waals surface area contributed by atoms with E-state index in [1.165, 1.54) is 6.07 Å². The van der Waals surface area contributed by atoms with Crippen molar-refractivity contribution in [3.8, 4) is 0 Å². The molecule has 1 rings (SSSR count). The van der Waals surface area contributed by atoms with Crippen molar-refractivity contribution in [2.24, 2.45) is 5.92 Å². The fourth-order valence-electron chi connectivity index (χ4n) is 1.34. The van der Waals surface area contributed by atoms with Gasteiger partial charge in [-0.15, -0.1) is 0 Å². The van der Waals surface area contributed by atoms with E-state index in [1.807, 2.05) is 6.07 Å². The maximum Gasteiger partial charge on any atom is 0.379 e. The average molecular weight is 196 g/mol. The number of carbonyl (C=O) groups excluding carboxylic acids is 1. The van der Waals surface area contributed by atoms with E-state index < -0.39 is 5.97 Å². The molecular weight excluding hydrogens is 183 g/mol. The van der Waals surface area contributed by atoms with Crippen molar-refractivity contribution in [2.45, 2.75) is 20.3 Å². The Morgan fingerprint density at radius 2 is 2.21 bits per heavy atom. The average Bonchev–Trinajstić information content (AvgIpc) is 2.16. The molecular formula is C11H13FO2. The summed E-state index contributed by atoms with van der Waals surface area (Å²) in [5.74, 6) is -0.428. The Morgan fingerprint density at radius 3 is 2.79 bits per heavy atom. The SMILES string of the molecule is CC(C)Cc1cccc(C(=O)OF)c1. The molecule has 0 aliphatic heterocycles. The first-order valence-corrected chi connectivity index (χ1v) is 4.55. The van der Waals surface area contributed by atoms with E-state index in [0.29, 0.717) is 5.92 Å². The van der Waals surface area contributed by atoms with Crippen LogP contribution in [0, 0.1) is 5.92 Å². The van der Waals surface area contributed by atoms with Gasteiger partial charge in [0.2, 0.25) is 0 Å². The molecule has 0 spiro atoms. The highest BCUT2D eigenvalue weighted by atomic mass is 19.3. The van der Waals surface area contributed by atoms with Crippen LogP contribution in [0.5, 0.6) is 0 Å². The Balaban J connectivity index is 2.84. The van der Waals surface area contributed by atoms with Crippen molar-refractivity contribution in [2.75, 3.05) is 0 Å². The van der Waals surface area contributed by atoms with Gasteiger partial charge in [0.05, 0.1) is 5.56 Å². The van der Waals surface area contributed by atoms with Crippen LogP contribution in [-0.4, -0.2) is 5.97 Å². The molecule has 0 fully saturated rings. The molecule has 0 amide bonds. The highest BCUT2D eigenvalue weighted by molar-refractivity contribution is 5.89. The van der Waals surface area contributed by atoms with E-state index in [-0.39, 0.29) is 5.56 Å². The molecule has 0 bridgehead atoms. The molecule has 1 aromatic carbocycles. The molecule has 0 heterocycles. The van der Waals surface area contributed by atoms with Gasteiger partial charge < -0.3 is 0 Å². The summed E-state index contributed by atoms with van der Waals surface area (Å²) in [6, 6.07) is 6.83. The molecule has 0 aromatic heterocycles. The Bertz CT molecular complexity index is 321. The normalized spacial score (nSPS) is 10.3. The molecule has 2 nitrogen and oxygen atoms in total. The maximum absolute atomic E-state index is 11.6. The van der Waals surface area contributed by atoms with Crippen molar-refractivity contribution in [1.82, 2.24) is 0 Å². The second-order valence-corrected chi connectivity index (χ2v) is 3.66. The molecule has 0 atom stereocenters. The highest BCUT2D eigenvalue weighted by Crippen LogP contribution is 2.11. The number of hydrogen-bond acceptors (Lipinski definition) is 2. The van der Waals surface area contributed by atoms with Crippen molar-refractivity contribution >= 4 is 5.97 Å². The van der Waals surface area contributed by atoms with Crippen LogP contribution in [0.25, 0.3) is 0 Å². The van der Waals surface area contributed by atoms with Crippen molar-refractivity contribution in [3.63, 3.8) is 0 Å². The minimum absolute atomic E-state index is 0.255. The first kappa shape index (κ1) is 10.7. The van der Waals surface area contributed by atoms with Crippen LogP contribution in [0.1, 0.15) is 29.8 Å². The molecule has 0 aliphatic rings. The van der Waals surface area contributed by atoms with Crippen LogP contribution in [0.15, 0.2) is 24.3 Å². The lowest BCUT2D eigenvalue weighted by molar-refractivity contribution is -0.0788. The lowest BCUT2D eigenvalue weighted by Crippen LogP contribution is -2.01. The number of hydrogen-bond donors (Lipinski definition) is 0. The van der Waals surface area contributed by atoms with Gasteiger partial charge in [-0.2, -0.15) is 0 Å². The molecule has 76 valence electrons. The van der Waals surface area contributed by atoms with Crippen molar-refractivity contribution in [3.05, 3.63) is 35.4 Å². The predicted octanol–water partition coefficient (Wildman–Crippen LogP) is 2.93. The van der Waals surface area contributed by atoms with Crippen molar-refractivity contribution < 1.29 is 14.3 Å². The van der Waals surface area contributed by atoms with Gasteiger partial charge in [-0.1, -0.05) is 26.0 Å². The van der Waals surface area contributed by atoms with Gasteiger partial charge in [-0.05, 0) is 30.0 Å². The van der Waals surface area contributed by atoms with Gasteiger partial charge in [0.25, 0.3) is 0 Å². The summed E-state index contributed by atoms with van der Waals surface area (Å²) in [5, 5.41) is 0. The summed E-state index contributed by atoms with van der Waals surface area (Å²) in [7, 11) is 0. The molecule has 0 saturated carbocycles. The van der Waals surface area contributed by atoms with Gasteiger partial charge in [0, 0.05) is 4.53 Å². The zero-order valence-electron chi connectivity index (χ0n) is 8.29. The number of rotatable bonds is 3. The molecule has 0 unspecified atom stereocenters. The zero-order valence-corrected chi connectivity index (χ0v) is 8.29. The number of benzene rings is 1. The van der Waals surface area contributed by atoms with Crippen LogP contribution in [0.4, 0.5) is 4.53 Å². The quantitative estimate of drug-likeness (QED) is 0.743. The van der Waals surface area contributed by atoms with Crippen LogP contribution in [0.3, 0.4) is 0 Å². The van der Waals surface area contributed by atoms with Crippen molar-refractivity contribution in [1.29, 1.82) is 0 Å². The second kappa shape index (κ2) is 4.74. The van der Waals surface area contributed by atoms with E-state index in [0.717, 1.165) is 12.0 Å². The fourth-order valence-corrected chi connectivity index (χ4v) is 1.34. The maximum atomic E-state index is 11.6. The van der Waals surface area contributed by atoms with E-state index in [2.05, 4.69) is 18.8 Å². The topological polar surface area (TPSA) is 26.3 Å². The Labute approximate surface area is 82.6 Å². The third-order valence-corrected chi connectivity index (χ3v) is 1.88. The Morgan fingerprint density at radius 1 is 1.50 bits per heavy atom. The van der Waals surface area contributed by atoms with Gasteiger partial charge in [-0.3, -0.25) is 0 Å². The summed E-state index contributed by atoms with van der Waals surface area (Å²) in [6.07, 6.45) is 0.868. The first-order chi connectivity index (χ1) is 6.63. The number of halogens is 1. The van der Waals surface area contributed by atoms with Gasteiger partial charge in [-0.25, -0.2) is 9.74 Å². The van der Waals surface area contributed by atoms with E-state index in [1.54, 1.807) is 12.1 Å². The Kier molecular flexibility index (Phi) is 3.63. The number of carbonyl (C=O) groups is 1. The summed E-state index contributed by atoms with van der Waals surface area (Å²) in [6.45, 7) is 4.17. The molecule has 3 heteroatoms. The standard InChI is InChI=1S/C11H13FO2/c1-8(2)6-9-4-3-5-10(7-9)11(13)14-12/h3-5,7-8H,6H2,1-2H3. The Hall–Kier alpha value is -1.38. The summed E-state index contributed by atoms with van der Waals surface area (Å²) < 4.78 is 11.6. The largest absolute Gasteiger partial charge is 0.379 e. The predicted molar refractivity (Wildman–Crippen MR) is 51.5 cm³/mol. The van der Waals surface area contributed by atoms with Gasteiger partial charge >= 0.3 is 5.97 Å². The molecule has 0 saturated heterocycles. The molecule has 1 aromatic rings. The van der Waals surface area contributed by atoms with Crippen LogP contribution >= 0.6 is 0 Å². The van der Waals surface area contributed by atoms with E-state index in [4.69, 9.17) is 0 Å². The second-order valence-electron chi connectivity index (χ2n) is 3.66. The van der Waals surface area contributed by atoms with Gasteiger partial charge in [0.1, 0.15) is 0 Å². The lowest BCUT2D eigenvalue weighted by Gasteiger charge is -2.05. The lowest BCUT2D eigenvalue weighted by atomic mass is 10.0. The monoisotopic (exact) mass is 196 g/mol. The van der Waals surface area contributed by atoms with Crippen LogP contribution < -0.4 is 0 Å². The van der Waals surface area contributed by atoms with E-state index in [9.17, 15) is 9.32 Å². The first-order valence-electron chi connectivity index (χ1n) is 4.55. The molecule has 14 heavy (non-hydrogen) atoms. The zero-order chi connectivity index (χ0) is 10.6. The smallest absolute Gasteiger partial charge is 0.249 e. The minimum Gasteiger partial charge on any atom is -0.249 e. The minimum atomic E-state index is -0.935. The van der Waals surface area contributed by atoms with Gasteiger partial charge in [0.15, 0.2) is 0 Å². The third kappa shape index (κ3) is 2.83. The molecule has 0 radical (unpaired) electrons.